The molecule has 0 spiro atoms. The predicted molar refractivity (Wildman–Crippen MR) is 241 cm³/mol. The number of esters is 3. The molecule has 3 aromatic rings. The minimum Gasteiger partial charge on any atom is -0.481 e. The molecule has 0 aromatic heterocycles. The smallest absolute Gasteiger partial charge is 0.344 e. The Hall–Kier alpha value is -5.71. The van der Waals surface area contributed by atoms with E-state index in [9.17, 15) is 24.0 Å². The lowest BCUT2D eigenvalue weighted by molar-refractivity contribution is -0.146. The number of carbonyl (C=O) groups excluding carboxylic acids is 5. The summed E-state index contributed by atoms with van der Waals surface area (Å²) in [6.45, 7) is 23.4. The van der Waals surface area contributed by atoms with E-state index in [-0.39, 0.29) is 91.1 Å². The predicted octanol–water partition coefficient (Wildman–Crippen LogP) is 8.69. The van der Waals surface area contributed by atoms with Crippen molar-refractivity contribution < 1.29 is 52.4 Å². The van der Waals surface area contributed by atoms with Crippen LogP contribution < -0.4 is 14.2 Å². The number of fused-ring (bicyclic) bond motifs is 8. The van der Waals surface area contributed by atoms with Crippen molar-refractivity contribution in [3.63, 3.8) is 0 Å². The second-order valence-corrected chi connectivity index (χ2v) is 19.2. The Labute approximate surface area is 372 Å². The summed E-state index contributed by atoms with van der Waals surface area (Å²) in [4.78, 5) is 67.0. The van der Waals surface area contributed by atoms with E-state index in [0.717, 1.165) is 27.8 Å². The highest BCUT2D eigenvalue weighted by molar-refractivity contribution is 6.20. The molecule has 0 atom stereocenters. The Bertz CT molecular complexity index is 2180. The van der Waals surface area contributed by atoms with Gasteiger partial charge in [-0.1, -0.05) is 98.7 Å². The molecule has 3 aromatic carbocycles. The zero-order chi connectivity index (χ0) is 46.4. The van der Waals surface area contributed by atoms with Crippen molar-refractivity contribution in [2.75, 3.05) is 39.6 Å². The van der Waals surface area contributed by atoms with E-state index < -0.39 is 31.1 Å². The van der Waals surface area contributed by atoms with Gasteiger partial charge in [-0.2, -0.15) is 0 Å². The zero-order valence-corrected chi connectivity index (χ0v) is 39.2. The van der Waals surface area contributed by atoms with E-state index >= 15 is 0 Å². The monoisotopic (exact) mass is 864 g/mol. The second kappa shape index (κ2) is 19.8. The van der Waals surface area contributed by atoms with Crippen molar-refractivity contribution in [1.29, 1.82) is 0 Å². The first-order valence-electron chi connectivity index (χ1n) is 21.9. The molecule has 0 unspecified atom stereocenters. The van der Waals surface area contributed by atoms with Gasteiger partial charge in [0.05, 0.1) is 19.8 Å². The molecule has 11 nitrogen and oxygen atoms in total. The maximum Gasteiger partial charge on any atom is 0.344 e. The fourth-order valence-electron chi connectivity index (χ4n) is 7.71. The van der Waals surface area contributed by atoms with Gasteiger partial charge in [0.1, 0.15) is 17.2 Å². The summed E-state index contributed by atoms with van der Waals surface area (Å²) in [6, 6.07) is 12.2. The van der Waals surface area contributed by atoms with Crippen LogP contribution >= 0.6 is 0 Å². The molecule has 0 saturated carbocycles. The maximum atomic E-state index is 14.7. The Morgan fingerprint density at radius 2 is 0.698 bits per heavy atom. The average Bonchev–Trinajstić information content (AvgIpc) is 3.17. The van der Waals surface area contributed by atoms with Crippen molar-refractivity contribution in [2.45, 2.75) is 125 Å². The molecule has 0 aliphatic heterocycles. The van der Waals surface area contributed by atoms with Crippen LogP contribution in [0.1, 0.15) is 133 Å². The van der Waals surface area contributed by atoms with Gasteiger partial charge in [0, 0.05) is 36.8 Å². The summed E-state index contributed by atoms with van der Waals surface area (Å²) >= 11 is 0. The van der Waals surface area contributed by atoms with Gasteiger partial charge in [0.25, 0.3) is 0 Å². The lowest BCUT2D eigenvalue weighted by atomic mass is 9.79. The summed E-state index contributed by atoms with van der Waals surface area (Å²) in [5.41, 5.74) is 6.41. The lowest BCUT2D eigenvalue weighted by Gasteiger charge is -2.28. The first kappa shape index (κ1) is 48.3. The van der Waals surface area contributed by atoms with Crippen molar-refractivity contribution in [3.8, 4) is 17.2 Å². The molecule has 2 aliphatic carbocycles. The molecular weight excluding hydrogens is 801 g/mol. The highest BCUT2D eigenvalue weighted by Gasteiger charge is 2.31. The van der Waals surface area contributed by atoms with Crippen LogP contribution in [0.4, 0.5) is 0 Å². The van der Waals surface area contributed by atoms with Gasteiger partial charge in [0.15, 0.2) is 31.4 Å². The van der Waals surface area contributed by atoms with Crippen molar-refractivity contribution >= 4 is 29.5 Å². The Morgan fingerprint density at radius 3 is 0.937 bits per heavy atom. The highest BCUT2D eigenvalue weighted by atomic mass is 16.6. The zero-order valence-electron chi connectivity index (χ0n) is 39.2. The second-order valence-electron chi connectivity index (χ2n) is 19.2. The van der Waals surface area contributed by atoms with Crippen LogP contribution in [0.15, 0.2) is 59.7 Å². The van der Waals surface area contributed by atoms with Gasteiger partial charge in [-0.05, 0) is 99.2 Å². The molecule has 0 N–H and O–H groups in total. The molecule has 338 valence electrons. The topological polar surface area (TPSA) is 141 Å². The summed E-state index contributed by atoms with van der Waals surface area (Å²) in [5.74, 6) is -1.07. The van der Waals surface area contributed by atoms with Crippen LogP contribution in [0.5, 0.6) is 17.2 Å². The third-order valence-electron chi connectivity index (χ3n) is 11.0. The Morgan fingerprint density at radius 1 is 0.444 bits per heavy atom. The van der Waals surface area contributed by atoms with Gasteiger partial charge < -0.3 is 28.4 Å². The van der Waals surface area contributed by atoms with Crippen LogP contribution in [0.2, 0.25) is 0 Å². The molecule has 0 saturated heterocycles. The quantitative estimate of drug-likeness (QED) is 0.0981. The van der Waals surface area contributed by atoms with Crippen LogP contribution in [-0.2, 0) is 80.1 Å². The molecule has 0 radical (unpaired) electrons. The van der Waals surface area contributed by atoms with Gasteiger partial charge in [-0.15, -0.1) is 0 Å². The maximum absolute atomic E-state index is 14.7. The number of ketones is 2. The molecule has 0 heterocycles. The summed E-state index contributed by atoms with van der Waals surface area (Å²) in [7, 11) is 0. The van der Waals surface area contributed by atoms with E-state index in [1.807, 2.05) is 24.3 Å². The third-order valence-corrected chi connectivity index (χ3v) is 11.0. The van der Waals surface area contributed by atoms with E-state index in [1.54, 1.807) is 20.8 Å². The number of rotatable bonds is 12. The third kappa shape index (κ3) is 12.3. The normalized spacial score (nSPS) is 14.3. The van der Waals surface area contributed by atoms with Gasteiger partial charge in [0.2, 0.25) is 0 Å². The van der Waals surface area contributed by atoms with Crippen molar-refractivity contribution in [2.24, 2.45) is 0 Å². The summed E-state index contributed by atoms with van der Waals surface area (Å²) < 4.78 is 35.2. The number of Topliss-reactive ketones (excluding diaryl/α,β-unsaturated/α-hetero) is 1. The first-order valence-corrected chi connectivity index (χ1v) is 21.9. The fourth-order valence-corrected chi connectivity index (χ4v) is 7.71. The first-order chi connectivity index (χ1) is 29.5. The fraction of sp³-hybridized carbons (Fsp3) is 0.481. The Balaban J connectivity index is 1.92. The SMILES string of the molecule is CCOC(=O)COc1c2cc(C(C)(C)C)cc1Cc1cc(C(C)(C)C)cc(c1OCC(=O)OCC)Cc1cc(C(C)(C)C)cc(c1OCC(=O)OCC)CC1=CC(=O)C=C(C2)C1=O. The molecule has 5 rings (SSSR count). The number of benzene rings is 3. The van der Waals surface area contributed by atoms with Crippen LogP contribution in [0.25, 0.3) is 0 Å². The average molecular weight is 865 g/mol. The molecule has 8 bridgehead atoms. The largest absolute Gasteiger partial charge is 0.481 e. The number of carbonyl (C=O) groups is 5. The van der Waals surface area contributed by atoms with E-state index in [2.05, 4.69) is 74.4 Å². The number of allylic oxidation sites excluding steroid dienone is 4. The van der Waals surface area contributed by atoms with Crippen LogP contribution in [-0.4, -0.2) is 69.1 Å². The molecule has 0 amide bonds. The summed E-state index contributed by atoms with van der Waals surface area (Å²) in [5, 5.41) is 0. The van der Waals surface area contributed by atoms with Gasteiger partial charge in [-0.3, -0.25) is 9.59 Å². The molecule has 0 fully saturated rings. The highest BCUT2D eigenvalue weighted by Crippen LogP contribution is 2.42. The van der Waals surface area contributed by atoms with Crippen molar-refractivity contribution in [1.82, 2.24) is 0 Å². The van der Waals surface area contributed by atoms with E-state index in [1.165, 1.54) is 12.2 Å². The molecule has 2 aliphatic rings. The Kier molecular flexibility index (Phi) is 15.2. The number of hydrogen-bond donors (Lipinski definition) is 0. The van der Waals surface area contributed by atoms with E-state index in [0.29, 0.717) is 39.5 Å². The molecule has 63 heavy (non-hydrogen) atoms. The lowest BCUT2D eigenvalue weighted by Crippen LogP contribution is -2.22. The number of ether oxygens (including phenoxy) is 6. The van der Waals surface area contributed by atoms with Crippen LogP contribution in [0.3, 0.4) is 0 Å². The standard InChI is InChI=1S/C52H64O11/c1-13-58-43(54)28-61-47-33-16-31-26-42(53)27-32(46(31)57)17-34-21-40(51(7,8)9)23-36(48(34)62-29-44(55)59-14-2)19-38-25-41(52(10,11)12)24-37(49(38)63-30-45(56)60-15-3)18-35(47)22-39(20-33)50(4,5)6/h20-27H,13-19,28-30H2,1-12H3. The van der Waals surface area contributed by atoms with Crippen LogP contribution in [0, 0.1) is 0 Å². The minimum absolute atomic E-state index is 0.0238. The molecule has 11 heteroatoms. The van der Waals surface area contributed by atoms with E-state index in [4.69, 9.17) is 28.4 Å². The van der Waals surface area contributed by atoms with Crippen molar-refractivity contribution in [3.05, 3.63) is 110 Å². The van der Waals surface area contributed by atoms with Gasteiger partial charge in [-0.25, -0.2) is 14.4 Å². The summed E-state index contributed by atoms with van der Waals surface area (Å²) in [6.07, 6.45) is 3.22. The minimum atomic E-state index is -0.558. The molecular formula is C52H64O11. The van der Waals surface area contributed by atoms with Gasteiger partial charge >= 0.3 is 17.9 Å². The number of hydrogen-bond acceptors (Lipinski definition) is 11.